The van der Waals surface area contributed by atoms with Gasteiger partial charge in [0.15, 0.2) is 0 Å². The molecule has 1 atom stereocenters. The van der Waals surface area contributed by atoms with Crippen molar-refractivity contribution in [3.63, 3.8) is 0 Å². The van der Waals surface area contributed by atoms with Crippen LogP contribution in [0.2, 0.25) is 0 Å². The molecule has 3 heterocycles. The molecule has 1 unspecified atom stereocenters. The predicted octanol–water partition coefficient (Wildman–Crippen LogP) is 4.38. The number of carbonyl (C=O) groups excluding carboxylic acids is 1. The van der Waals surface area contributed by atoms with Gasteiger partial charge in [0.25, 0.3) is 0 Å². The van der Waals surface area contributed by atoms with Gasteiger partial charge in [-0.3, -0.25) is 4.79 Å². The molecule has 0 spiro atoms. The van der Waals surface area contributed by atoms with E-state index in [1.807, 2.05) is 11.0 Å². The number of hydrogen-bond donors (Lipinski definition) is 0. The minimum absolute atomic E-state index is 0.0223. The molecule has 1 aromatic heterocycles. The van der Waals surface area contributed by atoms with E-state index in [1.165, 1.54) is 5.56 Å². The van der Waals surface area contributed by atoms with Gasteiger partial charge in [0.2, 0.25) is 17.6 Å². The van der Waals surface area contributed by atoms with Crippen LogP contribution < -0.4 is 0 Å². The maximum atomic E-state index is 12.5. The van der Waals surface area contributed by atoms with Crippen LogP contribution in [0.1, 0.15) is 69.7 Å². The Bertz CT molecular complexity index is 841. The number of nitrogens with zero attached hydrogens (tertiary/aromatic N) is 3. The monoisotopic (exact) mass is 397 g/mol. The molecule has 29 heavy (non-hydrogen) atoms. The van der Waals surface area contributed by atoms with E-state index in [0.29, 0.717) is 24.1 Å². The number of likely N-dealkylation sites (tertiary alicyclic amines) is 1. The summed E-state index contributed by atoms with van der Waals surface area (Å²) < 4.78 is 11.1. The second-order valence-corrected chi connectivity index (χ2v) is 9.53. The summed E-state index contributed by atoms with van der Waals surface area (Å²) in [7, 11) is 0. The van der Waals surface area contributed by atoms with Gasteiger partial charge >= 0.3 is 0 Å². The molecule has 156 valence electrons. The van der Waals surface area contributed by atoms with Crippen molar-refractivity contribution in [1.29, 1.82) is 0 Å². The minimum atomic E-state index is 0.0223. The van der Waals surface area contributed by atoms with Gasteiger partial charge in [0.05, 0.1) is 6.61 Å². The molecular formula is C23H31N3O3. The summed E-state index contributed by atoms with van der Waals surface area (Å²) in [4.78, 5) is 19.1. The van der Waals surface area contributed by atoms with E-state index in [0.717, 1.165) is 51.1 Å². The first-order valence-electron chi connectivity index (χ1n) is 10.7. The number of benzene rings is 1. The lowest BCUT2D eigenvalue weighted by Crippen LogP contribution is -2.39. The molecule has 6 heteroatoms. The SMILES string of the molecule is CC(C)(C)CC(=O)N1CCC(c2nc(-c3cccc(C4CCOC4)c3)no2)CC1. The second kappa shape index (κ2) is 8.27. The maximum absolute atomic E-state index is 12.5. The third-order valence-electron chi connectivity index (χ3n) is 5.87. The zero-order valence-electron chi connectivity index (χ0n) is 17.7. The number of hydrogen-bond acceptors (Lipinski definition) is 5. The third kappa shape index (κ3) is 4.86. The Labute approximate surface area is 172 Å². The molecule has 0 saturated carbocycles. The molecule has 1 aromatic carbocycles. The van der Waals surface area contributed by atoms with Crippen LogP contribution in [0.25, 0.3) is 11.4 Å². The van der Waals surface area contributed by atoms with E-state index in [-0.39, 0.29) is 17.2 Å². The first-order valence-corrected chi connectivity index (χ1v) is 10.7. The Morgan fingerprint density at radius 1 is 1.17 bits per heavy atom. The summed E-state index contributed by atoms with van der Waals surface area (Å²) >= 11 is 0. The van der Waals surface area contributed by atoms with E-state index >= 15 is 0 Å². The predicted molar refractivity (Wildman–Crippen MR) is 111 cm³/mol. The van der Waals surface area contributed by atoms with Gasteiger partial charge in [0.1, 0.15) is 0 Å². The van der Waals surface area contributed by atoms with Crippen molar-refractivity contribution < 1.29 is 14.1 Å². The summed E-state index contributed by atoms with van der Waals surface area (Å²) in [5.41, 5.74) is 2.29. The molecule has 2 aromatic rings. The zero-order chi connectivity index (χ0) is 20.4. The van der Waals surface area contributed by atoms with Crippen LogP contribution in [0.4, 0.5) is 0 Å². The lowest BCUT2D eigenvalue weighted by molar-refractivity contribution is -0.134. The van der Waals surface area contributed by atoms with Crippen molar-refractivity contribution in [2.45, 2.75) is 58.3 Å². The highest BCUT2D eigenvalue weighted by Gasteiger charge is 2.29. The lowest BCUT2D eigenvalue weighted by atomic mass is 9.90. The number of ether oxygens (including phenoxy) is 1. The van der Waals surface area contributed by atoms with E-state index in [1.54, 1.807) is 0 Å². The smallest absolute Gasteiger partial charge is 0.230 e. The first kappa shape index (κ1) is 20.1. The fourth-order valence-corrected chi connectivity index (χ4v) is 4.19. The Hall–Kier alpha value is -2.21. The molecule has 0 bridgehead atoms. The van der Waals surface area contributed by atoms with E-state index in [2.05, 4.69) is 49.1 Å². The average molecular weight is 398 g/mol. The van der Waals surface area contributed by atoms with Gasteiger partial charge in [0, 0.05) is 43.5 Å². The summed E-state index contributed by atoms with van der Waals surface area (Å²) in [6.45, 7) is 9.44. The van der Waals surface area contributed by atoms with Crippen LogP contribution in [-0.4, -0.2) is 47.3 Å². The number of amides is 1. The highest BCUT2D eigenvalue weighted by Crippen LogP contribution is 2.31. The molecule has 2 fully saturated rings. The van der Waals surface area contributed by atoms with Crippen molar-refractivity contribution in [1.82, 2.24) is 15.0 Å². The summed E-state index contributed by atoms with van der Waals surface area (Å²) in [6, 6.07) is 8.38. The zero-order valence-corrected chi connectivity index (χ0v) is 17.7. The third-order valence-corrected chi connectivity index (χ3v) is 5.87. The summed E-state index contributed by atoms with van der Waals surface area (Å²) in [5.74, 6) is 2.26. The maximum Gasteiger partial charge on any atom is 0.230 e. The first-order chi connectivity index (χ1) is 13.9. The Kier molecular flexibility index (Phi) is 5.72. The molecule has 0 aliphatic carbocycles. The van der Waals surface area contributed by atoms with Gasteiger partial charge < -0.3 is 14.2 Å². The van der Waals surface area contributed by atoms with E-state index in [9.17, 15) is 4.79 Å². The molecule has 0 N–H and O–H groups in total. The van der Waals surface area contributed by atoms with Gasteiger partial charge in [-0.15, -0.1) is 0 Å². The average Bonchev–Trinajstić information content (AvgIpc) is 3.39. The van der Waals surface area contributed by atoms with Crippen molar-refractivity contribution in [2.24, 2.45) is 5.41 Å². The quantitative estimate of drug-likeness (QED) is 0.766. The molecule has 4 rings (SSSR count). The largest absolute Gasteiger partial charge is 0.381 e. The Balaban J connectivity index is 1.39. The lowest BCUT2D eigenvalue weighted by Gasteiger charge is -2.32. The normalized spacial score (nSPS) is 20.9. The molecule has 6 nitrogen and oxygen atoms in total. The van der Waals surface area contributed by atoms with Gasteiger partial charge in [-0.2, -0.15) is 4.98 Å². The fraction of sp³-hybridized carbons (Fsp3) is 0.609. The number of piperidine rings is 1. The van der Waals surface area contributed by atoms with Crippen LogP contribution >= 0.6 is 0 Å². The number of aromatic nitrogens is 2. The summed E-state index contributed by atoms with van der Waals surface area (Å²) in [5, 5.41) is 4.23. The molecule has 1 amide bonds. The number of carbonyl (C=O) groups is 1. The molecule has 0 radical (unpaired) electrons. The Morgan fingerprint density at radius 3 is 2.66 bits per heavy atom. The van der Waals surface area contributed by atoms with Crippen LogP contribution in [0.15, 0.2) is 28.8 Å². The topological polar surface area (TPSA) is 68.5 Å². The fourth-order valence-electron chi connectivity index (χ4n) is 4.19. The number of rotatable bonds is 4. The van der Waals surface area contributed by atoms with Crippen LogP contribution in [0.3, 0.4) is 0 Å². The Morgan fingerprint density at radius 2 is 1.97 bits per heavy atom. The van der Waals surface area contributed by atoms with Gasteiger partial charge in [-0.1, -0.05) is 44.1 Å². The highest BCUT2D eigenvalue weighted by atomic mass is 16.5. The van der Waals surface area contributed by atoms with Crippen molar-refractivity contribution >= 4 is 5.91 Å². The minimum Gasteiger partial charge on any atom is -0.381 e. The summed E-state index contributed by atoms with van der Waals surface area (Å²) in [6.07, 6.45) is 3.39. The van der Waals surface area contributed by atoms with Crippen molar-refractivity contribution in [2.75, 3.05) is 26.3 Å². The van der Waals surface area contributed by atoms with Crippen LogP contribution in [0, 0.1) is 5.41 Å². The molecule has 2 aliphatic heterocycles. The van der Waals surface area contributed by atoms with Crippen molar-refractivity contribution in [3.8, 4) is 11.4 Å². The van der Waals surface area contributed by atoms with Crippen LogP contribution in [0.5, 0.6) is 0 Å². The van der Waals surface area contributed by atoms with E-state index < -0.39 is 0 Å². The van der Waals surface area contributed by atoms with Crippen LogP contribution in [-0.2, 0) is 9.53 Å². The van der Waals surface area contributed by atoms with Gasteiger partial charge in [-0.25, -0.2) is 0 Å². The van der Waals surface area contributed by atoms with E-state index in [4.69, 9.17) is 9.26 Å². The second-order valence-electron chi connectivity index (χ2n) is 9.53. The molecular weight excluding hydrogens is 366 g/mol. The van der Waals surface area contributed by atoms with Gasteiger partial charge in [-0.05, 0) is 36.3 Å². The highest BCUT2D eigenvalue weighted by molar-refractivity contribution is 5.76. The molecule has 2 saturated heterocycles. The standard InChI is InChI=1S/C23H31N3O3/c1-23(2,3)14-20(27)26-10-7-16(8-11-26)22-24-21(25-29-22)18-6-4-5-17(13-18)19-9-12-28-15-19/h4-6,13,16,19H,7-12,14-15H2,1-3H3. The van der Waals surface area contributed by atoms with Crippen molar-refractivity contribution in [3.05, 3.63) is 35.7 Å². The molecule has 2 aliphatic rings.